The Hall–Kier alpha value is -1.51. The van der Waals surface area contributed by atoms with Crippen LogP contribution in [-0.2, 0) is 25.5 Å². The van der Waals surface area contributed by atoms with Crippen molar-refractivity contribution in [3.05, 3.63) is 35.9 Å². The number of primary amides is 1. The normalized spacial score (nSPS) is 26.1. The first kappa shape index (κ1) is 21.2. The molecular weight excluding hydrogens is 396 g/mol. The summed E-state index contributed by atoms with van der Waals surface area (Å²) in [5.41, 5.74) is 1.04. The number of benzene rings is 1. The molecule has 1 unspecified atom stereocenters. The molecule has 28 heavy (non-hydrogen) atoms. The smallest absolute Gasteiger partial charge is 0.328 e. The lowest BCUT2D eigenvalue weighted by atomic mass is 10.00. The van der Waals surface area contributed by atoms with Crippen molar-refractivity contribution in [2.24, 2.45) is 0 Å². The summed E-state index contributed by atoms with van der Waals surface area (Å²) < 4.78 is 4.92. The van der Waals surface area contributed by atoms with Crippen LogP contribution in [0.1, 0.15) is 31.2 Å². The summed E-state index contributed by atoms with van der Waals surface area (Å²) >= 11 is 6.16. The molecule has 2 heterocycles. The van der Waals surface area contributed by atoms with Gasteiger partial charge in [-0.3, -0.25) is 10.1 Å². The molecular formula is C20H27N2O4S2+. The highest BCUT2D eigenvalue weighted by Gasteiger charge is 2.45. The Morgan fingerprint density at radius 1 is 1.29 bits per heavy atom. The van der Waals surface area contributed by atoms with Gasteiger partial charge in [0.25, 0.3) is 5.91 Å². The second kappa shape index (κ2) is 9.80. The van der Waals surface area contributed by atoms with Gasteiger partial charge in [0.2, 0.25) is 0 Å². The van der Waals surface area contributed by atoms with Crippen molar-refractivity contribution >= 4 is 42.2 Å². The zero-order chi connectivity index (χ0) is 20.1. The first-order valence-corrected chi connectivity index (χ1v) is 11.2. The van der Waals surface area contributed by atoms with Gasteiger partial charge in [-0.1, -0.05) is 30.3 Å². The van der Waals surface area contributed by atoms with Gasteiger partial charge in [-0.2, -0.15) is 12.6 Å². The van der Waals surface area contributed by atoms with Gasteiger partial charge in [-0.15, -0.1) is 11.8 Å². The summed E-state index contributed by atoms with van der Waals surface area (Å²) in [6.07, 6.45) is 3.49. The lowest BCUT2D eigenvalue weighted by molar-refractivity contribution is -0.593. The van der Waals surface area contributed by atoms with E-state index in [4.69, 9.17) is 4.74 Å². The molecule has 3 rings (SSSR count). The van der Waals surface area contributed by atoms with Crippen LogP contribution in [0.2, 0.25) is 0 Å². The van der Waals surface area contributed by atoms with Gasteiger partial charge < -0.3 is 9.64 Å². The summed E-state index contributed by atoms with van der Waals surface area (Å²) in [6, 6.07) is 8.65. The van der Waals surface area contributed by atoms with E-state index in [0.29, 0.717) is 19.3 Å². The highest BCUT2D eigenvalue weighted by atomic mass is 32.2. The molecule has 4 atom stereocenters. The van der Waals surface area contributed by atoms with Crippen molar-refractivity contribution in [3.8, 4) is 0 Å². The number of thiol groups is 1. The Bertz CT molecular complexity index is 715. The number of nitrogens with zero attached hydrogens (tertiary/aromatic N) is 1. The van der Waals surface area contributed by atoms with Crippen LogP contribution in [0.5, 0.6) is 0 Å². The number of hydrogen-bond acceptors (Lipinski definition) is 6. The standard InChI is InChI=1S/C20H26N2O4S2/c1-26-20(25)15-8-5-9-17-22(15)19(24)14(10-11-28-17)21-18(23)16(27)12-13-6-3-2-4-7-13/h2-4,6-7,14-17,27H,5,8-12H2,1H3,(H,21,23)/p+1/t14-,15?,16-,17-/m0/s1. The zero-order valence-corrected chi connectivity index (χ0v) is 17.7. The van der Waals surface area contributed by atoms with E-state index in [9.17, 15) is 14.4 Å². The van der Waals surface area contributed by atoms with Crippen molar-refractivity contribution < 1.29 is 24.4 Å². The third kappa shape index (κ3) is 4.90. The van der Waals surface area contributed by atoms with Crippen molar-refractivity contribution in [1.29, 1.82) is 0 Å². The highest BCUT2D eigenvalue weighted by molar-refractivity contribution is 7.99. The van der Waals surface area contributed by atoms with Gasteiger partial charge in [-0.25, -0.2) is 9.59 Å². The minimum Gasteiger partial charge on any atom is -0.467 e. The number of nitrogens with two attached hydrogens (primary N) is 1. The Morgan fingerprint density at radius 3 is 2.75 bits per heavy atom. The summed E-state index contributed by atoms with van der Waals surface area (Å²) in [4.78, 5) is 39.8. The fourth-order valence-corrected chi connectivity index (χ4v) is 5.54. The van der Waals surface area contributed by atoms with Gasteiger partial charge in [0.05, 0.1) is 12.5 Å². The van der Waals surface area contributed by atoms with Gasteiger partial charge in [-0.05, 0) is 31.2 Å². The molecule has 8 heteroatoms. The molecule has 0 saturated carbocycles. The van der Waals surface area contributed by atoms with E-state index in [1.807, 2.05) is 30.3 Å². The second-order valence-electron chi connectivity index (χ2n) is 7.21. The minimum atomic E-state index is -0.552. The van der Waals surface area contributed by atoms with E-state index < -0.39 is 17.3 Å². The van der Waals surface area contributed by atoms with Crippen molar-refractivity contribution in [3.63, 3.8) is 0 Å². The highest BCUT2D eigenvalue weighted by Crippen LogP contribution is 2.34. The van der Waals surface area contributed by atoms with Gasteiger partial charge in [0.15, 0.2) is 6.04 Å². The number of ether oxygens (including phenoxy) is 1. The molecule has 2 fully saturated rings. The first-order chi connectivity index (χ1) is 13.5. The number of rotatable bonds is 5. The maximum absolute atomic E-state index is 13.2. The number of thioether (sulfide) groups is 1. The van der Waals surface area contributed by atoms with E-state index >= 15 is 0 Å². The minimum absolute atomic E-state index is 0.0185. The van der Waals surface area contributed by atoms with Crippen molar-refractivity contribution in [1.82, 2.24) is 4.90 Å². The maximum atomic E-state index is 13.2. The first-order valence-electron chi connectivity index (χ1n) is 9.63. The number of quaternary nitrogens is 1. The fourth-order valence-electron chi connectivity index (χ4n) is 3.84. The molecule has 6 nitrogen and oxygen atoms in total. The second-order valence-corrected chi connectivity index (χ2v) is 9.12. The molecule has 0 spiro atoms. The topological polar surface area (TPSA) is 80.3 Å². The number of piperidine rings is 1. The molecule has 0 aliphatic carbocycles. The van der Waals surface area contributed by atoms with E-state index in [1.165, 1.54) is 12.4 Å². The maximum Gasteiger partial charge on any atom is 0.328 e. The van der Waals surface area contributed by atoms with Crippen LogP contribution in [-0.4, -0.2) is 58.3 Å². The predicted molar refractivity (Wildman–Crippen MR) is 111 cm³/mol. The van der Waals surface area contributed by atoms with E-state index in [-0.39, 0.29) is 23.2 Å². The number of fused-ring (bicyclic) bond motifs is 1. The van der Waals surface area contributed by atoms with Crippen molar-refractivity contribution in [2.45, 2.75) is 54.8 Å². The van der Waals surface area contributed by atoms with Gasteiger partial charge in [0, 0.05) is 12.2 Å². The molecule has 2 amide bonds. The summed E-state index contributed by atoms with van der Waals surface area (Å²) in [6.45, 7) is 0. The Labute approximate surface area is 175 Å². The Balaban J connectivity index is 1.68. The molecule has 0 bridgehead atoms. The SMILES string of the molecule is COC(=O)C1CCC[C@@H]2SCC[C@H]([NH2+]C(=O)[C@@H](S)Cc3ccccc3)C(=O)N12. The van der Waals surface area contributed by atoms with Gasteiger partial charge >= 0.3 is 11.9 Å². The number of methoxy groups -OCH3 is 1. The number of amides is 2. The van der Waals surface area contributed by atoms with Crippen LogP contribution < -0.4 is 5.32 Å². The molecule has 2 saturated heterocycles. The van der Waals surface area contributed by atoms with Crippen LogP contribution in [0.4, 0.5) is 0 Å². The molecule has 0 radical (unpaired) electrons. The zero-order valence-electron chi connectivity index (χ0n) is 16.0. The Kier molecular flexibility index (Phi) is 7.42. The summed E-state index contributed by atoms with van der Waals surface area (Å²) in [5, 5.41) is 1.02. The number of esters is 1. The van der Waals surface area contributed by atoms with Gasteiger partial charge in [0.1, 0.15) is 11.3 Å². The van der Waals surface area contributed by atoms with Crippen LogP contribution in [0.3, 0.4) is 0 Å². The lowest BCUT2D eigenvalue weighted by Crippen LogP contribution is -2.97. The van der Waals surface area contributed by atoms with Crippen LogP contribution in [0.25, 0.3) is 0 Å². The van der Waals surface area contributed by atoms with Crippen LogP contribution in [0, 0.1) is 0 Å². The third-order valence-corrected chi connectivity index (χ3v) is 7.08. The fraction of sp³-hybridized carbons (Fsp3) is 0.550. The molecule has 2 aliphatic rings. The Morgan fingerprint density at radius 2 is 2.04 bits per heavy atom. The average Bonchev–Trinajstić information content (AvgIpc) is 2.87. The quantitative estimate of drug-likeness (QED) is 0.546. The van der Waals surface area contributed by atoms with Crippen LogP contribution in [0.15, 0.2) is 30.3 Å². The van der Waals surface area contributed by atoms with E-state index in [1.54, 1.807) is 16.7 Å². The molecule has 0 aromatic heterocycles. The van der Waals surface area contributed by atoms with E-state index in [0.717, 1.165) is 24.2 Å². The number of carbonyl (C=O) groups is 3. The molecule has 2 aliphatic heterocycles. The third-order valence-electron chi connectivity index (χ3n) is 5.32. The molecule has 1 aromatic rings. The molecule has 2 N–H and O–H groups in total. The monoisotopic (exact) mass is 423 g/mol. The average molecular weight is 424 g/mol. The largest absolute Gasteiger partial charge is 0.467 e. The number of hydrogen-bond donors (Lipinski definition) is 2. The predicted octanol–water partition coefficient (Wildman–Crippen LogP) is 1.00. The van der Waals surface area contributed by atoms with Crippen molar-refractivity contribution in [2.75, 3.05) is 12.9 Å². The molecule has 152 valence electrons. The summed E-state index contributed by atoms with van der Waals surface area (Å²) in [5.74, 6) is 0.131. The molecule has 1 aromatic carbocycles. The lowest BCUT2D eigenvalue weighted by Gasteiger charge is -2.39. The van der Waals surface area contributed by atoms with Crippen LogP contribution >= 0.6 is 24.4 Å². The van der Waals surface area contributed by atoms with E-state index in [2.05, 4.69) is 12.6 Å². The summed E-state index contributed by atoms with van der Waals surface area (Å²) in [7, 11) is 1.35. The number of carbonyl (C=O) groups excluding carboxylic acids is 3.